The molecule has 0 bridgehead atoms. The maximum atomic E-state index is 4.61. The Balaban J connectivity index is 1.76. The molecule has 1 aromatic heterocycles. The molecule has 0 radical (unpaired) electrons. The Kier molecular flexibility index (Phi) is 4.54. The van der Waals surface area contributed by atoms with E-state index in [1.807, 2.05) is 11.6 Å². The number of aryl methyl sites for hydroxylation is 2. The maximum absolute atomic E-state index is 4.61. The Bertz CT molecular complexity index is 746. The average molecular weight is 307 g/mol. The highest BCUT2D eigenvalue weighted by Gasteiger charge is 2.35. The van der Waals surface area contributed by atoms with E-state index in [0.29, 0.717) is 5.92 Å². The van der Waals surface area contributed by atoms with E-state index in [1.54, 1.807) is 0 Å². The Morgan fingerprint density at radius 3 is 2.87 bits per heavy atom. The van der Waals surface area contributed by atoms with Crippen LogP contribution in [0.1, 0.15) is 30.3 Å². The van der Waals surface area contributed by atoms with Crippen LogP contribution in [0.3, 0.4) is 0 Å². The summed E-state index contributed by atoms with van der Waals surface area (Å²) in [6.45, 7) is 5.34. The summed E-state index contributed by atoms with van der Waals surface area (Å²) in [5.41, 5.74) is 4.47. The monoisotopic (exact) mass is 307 g/mol. The molecule has 1 aliphatic rings. The predicted octanol–water partition coefficient (Wildman–Crippen LogP) is 3.29. The standard InChI is InChI=1S/C20H25N3/c1-5-19-11-15(2)21-23(19)20-8-6-7-16(12-20)9-10-17-13-18(17)14-22(3)4/h6-8,11-12,17-18H,5,13-14H2,1-4H3. The van der Waals surface area contributed by atoms with Gasteiger partial charge in [-0.15, -0.1) is 0 Å². The molecule has 1 heterocycles. The summed E-state index contributed by atoms with van der Waals surface area (Å²) >= 11 is 0. The van der Waals surface area contributed by atoms with Gasteiger partial charge in [0.15, 0.2) is 0 Å². The van der Waals surface area contributed by atoms with Gasteiger partial charge in [-0.05, 0) is 64.0 Å². The van der Waals surface area contributed by atoms with Crippen molar-refractivity contribution in [3.8, 4) is 17.5 Å². The van der Waals surface area contributed by atoms with Crippen LogP contribution in [0, 0.1) is 30.6 Å². The fourth-order valence-electron chi connectivity index (χ4n) is 3.02. The quantitative estimate of drug-likeness (QED) is 0.808. The lowest BCUT2D eigenvalue weighted by Crippen LogP contribution is -2.15. The van der Waals surface area contributed by atoms with E-state index < -0.39 is 0 Å². The first kappa shape index (κ1) is 15.8. The molecule has 1 aliphatic carbocycles. The van der Waals surface area contributed by atoms with Crippen LogP contribution < -0.4 is 0 Å². The molecule has 23 heavy (non-hydrogen) atoms. The van der Waals surface area contributed by atoms with Crippen molar-refractivity contribution in [2.45, 2.75) is 26.7 Å². The number of nitrogens with zero attached hydrogens (tertiary/aromatic N) is 3. The fourth-order valence-corrected chi connectivity index (χ4v) is 3.02. The third-order valence-corrected chi connectivity index (χ3v) is 4.28. The molecule has 1 saturated carbocycles. The zero-order valence-electron chi connectivity index (χ0n) is 14.5. The van der Waals surface area contributed by atoms with E-state index in [0.717, 1.165) is 35.8 Å². The van der Waals surface area contributed by atoms with Crippen LogP contribution in [0.15, 0.2) is 30.3 Å². The smallest absolute Gasteiger partial charge is 0.0661 e. The summed E-state index contributed by atoms with van der Waals surface area (Å²) < 4.78 is 2.03. The average Bonchev–Trinajstić information content (AvgIpc) is 3.13. The molecule has 1 fully saturated rings. The molecular formula is C20H25N3. The molecule has 0 N–H and O–H groups in total. The first-order chi connectivity index (χ1) is 11.1. The van der Waals surface area contributed by atoms with E-state index in [9.17, 15) is 0 Å². The lowest BCUT2D eigenvalue weighted by molar-refractivity contribution is 0.384. The molecule has 3 heteroatoms. The van der Waals surface area contributed by atoms with Crippen molar-refractivity contribution in [1.82, 2.24) is 14.7 Å². The van der Waals surface area contributed by atoms with Gasteiger partial charge in [-0.3, -0.25) is 0 Å². The minimum Gasteiger partial charge on any atom is -0.309 e. The van der Waals surface area contributed by atoms with Gasteiger partial charge in [-0.2, -0.15) is 5.10 Å². The zero-order valence-corrected chi connectivity index (χ0v) is 14.5. The van der Waals surface area contributed by atoms with Crippen molar-refractivity contribution in [3.05, 3.63) is 47.3 Å². The van der Waals surface area contributed by atoms with Crippen LogP contribution in [-0.2, 0) is 6.42 Å². The van der Waals surface area contributed by atoms with Crippen molar-refractivity contribution < 1.29 is 0 Å². The number of benzene rings is 1. The molecule has 2 atom stereocenters. The number of aromatic nitrogens is 2. The highest BCUT2D eigenvalue weighted by atomic mass is 15.3. The molecular weight excluding hydrogens is 282 g/mol. The van der Waals surface area contributed by atoms with Crippen LogP contribution in [0.4, 0.5) is 0 Å². The molecule has 120 valence electrons. The molecule has 2 unspecified atom stereocenters. The highest BCUT2D eigenvalue weighted by molar-refractivity contribution is 5.44. The Morgan fingerprint density at radius 2 is 2.13 bits per heavy atom. The summed E-state index contributed by atoms with van der Waals surface area (Å²) in [5.74, 6) is 8.11. The lowest BCUT2D eigenvalue weighted by Gasteiger charge is -2.06. The third kappa shape index (κ3) is 3.83. The molecule has 1 aromatic carbocycles. The van der Waals surface area contributed by atoms with Gasteiger partial charge in [-0.25, -0.2) is 4.68 Å². The number of hydrogen-bond acceptors (Lipinski definition) is 2. The summed E-state index contributed by atoms with van der Waals surface area (Å²) in [4.78, 5) is 2.25. The van der Waals surface area contributed by atoms with Crippen molar-refractivity contribution in [2.24, 2.45) is 11.8 Å². The van der Waals surface area contributed by atoms with E-state index in [4.69, 9.17) is 0 Å². The van der Waals surface area contributed by atoms with Gasteiger partial charge in [-0.1, -0.05) is 24.8 Å². The van der Waals surface area contributed by atoms with Gasteiger partial charge in [0.25, 0.3) is 0 Å². The summed E-state index contributed by atoms with van der Waals surface area (Å²) in [5, 5.41) is 4.61. The second-order valence-electron chi connectivity index (χ2n) is 6.73. The van der Waals surface area contributed by atoms with E-state index >= 15 is 0 Å². The summed E-state index contributed by atoms with van der Waals surface area (Å²) in [6.07, 6.45) is 2.22. The van der Waals surface area contributed by atoms with Crippen molar-refractivity contribution in [1.29, 1.82) is 0 Å². The number of hydrogen-bond donors (Lipinski definition) is 0. The SMILES string of the molecule is CCc1cc(C)nn1-c1cccc(C#CC2CC2CN(C)C)c1. The van der Waals surface area contributed by atoms with Gasteiger partial charge in [0, 0.05) is 23.7 Å². The van der Waals surface area contributed by atoms with Crippen LogP contribution in [-0.4, -0.2) is 35.3 Å². The highest BCUT2D eigenvalue weighted by Crippen LogP contribution is 2.38. The van der Waals surface area contributed by atoms with Crippen molar-refractivity contribution >= 4 is 0 Å². The Labute approximate surface area is 139 Å². The first-order valence-corrected chi connectivity index (χ1v) is 8.39. The van der Waals surface area contributed by atoms with E-state index in [2.05, 4.69) is 73.2 Å². The van der Waals surface area contributed by atoms with Crippen molar-refractivity contribution in [2.75, 3.05) is 20.6 Å². The first-order valence-electron chi connectivity index (χ1n) is 8.39. The molecule has 0 amide bonds. The molecule has 0 saturated heterocycles. The molecule has 3 nitrogen and oxygen atoms in total. The minimum absolute atomic E-state index is 0.569. The molecule has 0 aliphatic heterocycles. The summed E-state index contributed by atoms with van der Waals surface area (Å²) in [6, 6.07) is 10.5. The largest absolute Gasteiger partial charge is 0.309 e. The van der Waals surface area contributed by atoms with Gasteiger partial charge in [0.1, 0.15) is 0 Å². The molecule has 3 rings (SSSR count). The Hall–Kier alpha value is -2.05. The van der Waals surface area contributed by atoms with E-state index in [-0.39, 0.29) is 0 Å². The zero-order chi connectivity index (χ0) is 16.4. The van der Waals surface area contributed by atoms with Crippen LogP contribution in [0.25, 0.3) is 5.69 Å². The van der Waals surface area contributed by atoms with Crippen LogP contribution in [0.2, 0.25) is 0 Å². The third-order valence-electron chi connectivity index (χ3n) is 4.28. The van der Waals surface area contributed by atoms with Crippen molar-refractivity contribution in [3.63, 3.8) is 0 Å². The fraction of sp³-hybridized carbons (Fsp3) is 0.450. The number of rotatable bonds is 4. The van der Waals surface area contributed by atoms with Gasteiger partial charge >= 0.3 is 0 Å². The summed E-state index contributed by atoms with van der Waals surface area (Å²) in [7, 11) is 4.26. The van der Waals surface area contributed by atoms with Gasteiger partial charge < -0.3 is 4.90 Å². The van der Waals surface area contributed by atoms with Gasteiger partial charge in [0.05, 0.1) is 11.4 Å². The van der Waals surface area contributed by atoms with Crippen LogP contribution in [0.5, 0.6) is 0 Å². The van der Waals surface area contributed by atoms with Gasteiger partial charge in [0.2, 0.25) is 0 Å². The normalized spacial score (nSPS) is 19.5. The lowest BCUT2D eigenvalue weighted by atomic mass is 10.2. The predicted molar refractivity (Wildman–Crippen MR) is 94.7 cm³/mol. The topological polar surface area (TPSA) is 21.1 Å². The van der Waals surface area contributed by atoms with E-state index in [1.165, 1.54) is 12.1 Å². The Morgan fingerprint density at radius 1 is 1.30 bits per heavy atom. The minimum atomic E-state index is 0.569. The molecule has 0 spiro atoms. The second-order valence-corrected chi connectivity index (χ2v) is 6.73. The molecule has 2 aromatic rings. The second kappa shape index (κ2) is 6.60. The maximum Gasteiger partial charge on any atom is 0.0661 e. The van der Waals surface area contributed by atoms with Crippen LogP contribution >= 0.6 is 0 Å².